The molecule has 0 radical (unpaired) electrons. The van der Waals surface area contributed by atoms with Crippen LogP contribution in [0.25, 0.3) is 10.9 Å². The number of aryl methyl sites for hydroxylation is 1. The van der Waals surface area contributed by atoms with E-state index in [0.29, 0.717) is 16.8 Å². The summed E-state index contributed by atoms with van der Waals surface area (Å²) in [6, 6.07) is 21.7. The number of aromatic nitrogens is 1. The summed E-state index contributed by atoms with van der Waals surface area (Å²) in [5.74, 6) is -0.454. The predicted molar refractivity (Wildman–Crippen MR) is 130 cm³/mol. The molecule has 2 N–H and O–H groups in total. The second-order valence-corrected chi connectivity index (χ2v) is 9.30. The van der Waals surface area contributed by atoms with E-state index >= 15 is 0 Å². The fourth-order valence-electron chi connectivity index (χ4n) is 3.09. The van der Waals surface area contributed by atoms with Gasteiger partial charge in [-0.15, -0.1) is 0 Å². The Hall–Kier alpha value is -3.75. The van der Waals surface area contributed by atoms with Crippen LogP contribution in [-0.4, -0.2) is 25.5 Å². The van der Waals surface area contributed by atoms with E-state index in [9.17, 15) is 13.2 Å². The highest BCUT2D eigenvalue weighted by Gasteiger charge is 2.14. The minimum atomic E-state index is -3.71. The first-order chi connectivity index (χ1) is 15.8. The second kappa shape index (κ2) is 9.40. The third-order valence-electron chi connectivity index (χ3n) is 4.78. The molecule has 1 amide bonds. The summed E-state index contributed by atoms with van der Waals surface area (Å²) in [4.78, 5) is 16.9. The summed E-state index contributed by atoms with van der Waals surface area (Å²) in [5.41, 5.74) is 5.51. The van der Waals surface area contributed by atoms with Gasteiger partial charge in [-0.05, 0) is 61.0 Å². The number of halogens is 1. The number of rotatable bonds is 6. The summed E-state index contributed by atoms with van der Waals surface area (Å²) in [5, 5.41) is 5.15. The number of carbonyl (C=O) groups excluding carboxylic acids is 1. The first kappa shape index (κ1) is 22.4. The maximum Gasteiger partial charge on any atom is 0.271 e. The molecule has 4 rings (SSSR count). The van der Waals surface area contributed by atoms with E-state index in [0.717, 1.165) is 16.5 Å². The van der Waals surface area contributed by atoms with Crippen molar-refractivity contribution in [1.29, 1.82) is 0 Å². The van der Waals surface area contributed by atoms with E-state index in [1.807, 2.05) is 31.2 Å². The summed E-state index contributed by atoms with van der Waals surface area (Å²) in [6.45, 7) is 1.98. The molecule has 3 aromatic carbocycles. The number of amides is 1. The van der Waals surface area contributed by atoms with E-state index in [4.69, 9.17) is 11.6 Å². The summed E-state index contributed by atoms with van der Waals surface area (Å²) in [6.07, 6.45) is 1.43. The van der Waals surface area contributed by atoms with Crippen molar-refractivity contribution < 1.29 is 13.2 Å². The Bertz CT molecular complexity index is 1450. The van der Waals surface area contributed by atoms with E-state index in [1.165, 1.54) is 42.6 Å². The van der Waals surface area contributed by atoms with Crippen LogP contribution in [0, 0.1) is 6.92 Å². The van der Waals surface area contributed by atoms with E-state index in [2.05, 4.69) is 20.2 Å². The zero-order chi connectivity index (χ0) is 23.4. The monoisotopic (exact) mass is 478 g/mol. The number of hydrogen-bond acceptors (Lipinski definition) is 5. The lowest BCUT2D eigenvalue weighted by atomic mass is 10.1. The van der Waals surface area contributed by atoms with Crippen molar-refractivity contribution in [2.45, 2.75) is 11.8 Å². The van der Waals surface area contributed by atoms with Crippen LogP contribution in [0.1, 0.15) is 21.5 Å². The Balaban J connectivity index is 1.42. The van der Waals surface area contributed by atoms with Gasteiger partial charge in [0, 0.05) is 22.2 Å². The Kier molecular flexibility index (Phi) is 6.39. The molecule has 166 valence electrons. The maximum atomic E-state index is 12.4. The number of hydrogen-bond donors (Lipinski definition) is 2. The molecule has 1 aromatic heterocycles. The average Bonchev–Trinajstić information content (AvgIpc) is 2.80. The molecule has 0 bridgehead atoms. The number of benzene rings is 3. The number of nitrogens with one attached hydrogen (secondary N) is 2. The standard InChI is InChI=1S/C24H19ClN4O3S/c1-16-7-8-18-14-19(23(25)27-22(18)13-16)15-26-28-24(30)17-9-11-20(12-10-17)29-33(31,32)21-5-3-2-4-6-21/h2-15,29H,1H3,(H,28,30)/b26-15+. The highest BCUT2D eigenvalue weighted by Crippen LogP contribution is 2.20. The van der Waals surface area contributed by atoms with Gasteiger partial charge >= 0.3 is 0 Å². The first-order valence-electron chi connectivity index (χ1n) is 9.90. The number of pyridine rings is 1. The summed E-state index contributed by atoms with van der Waals surface area (Å²) in [7, 11) is -3.71. The van der Waals surface area contributed by atoms with Crippen LogP contribution in [0.3, 0.4) is 0 Å². The molecule has 0 fully saturated rings. The van der Waals surface area contributed by atoms with Crippen molar-refractivity contribution in [1.82, 2.24) is 10.4 Å². The Morgan fingerprint density at radius 2 is 1.73 bits per heavy atom. The lowest BCUT2D eigenvalue weighted by Crippen LogP contribution is -2.18. The van der Waals surface area contributed by atoms with Crippen molar-refractivity contribution >= 4 is 50.3 Å². The van der Waals surface area contributed by atoms with Crippen molar-refractivity contribution in [3.8, 4) is 0 Å². The molecule has 0 aliphatic heterocycles. The molecule has 4 aromatic rings. The normalized spacial score (nSPS) is 11.6. The van der Waals surface area contributed by atoms with Gasteiger partial charge in [0.1, 0.15) is 5.15 Å². The van der Waals surface area contributed by atoms with Gasteiger partial charge in [-0.3, -0.25) is 9.52 Å². The van der Waals surface area contributed by atoms with Crippen molar-refractivity contribution in [2.24, 2.45) is 5.10 Å². The molecule has 7 nitrogen and oxygen atoms in total. The largest absolute Gasteiger partial charge is 0.280 e. The van der Waals surface area contributed by atoms with Crippen LogP contribution < -0.4 is 10.1 Å². The molecule has 0 atom stereocenters. The van der Waals surface area contributed by atoms with Crippen LogP contribution >= 0.6 is 11.6 Å². The molecule has 9 heteroatoms. The average molecular weight is 479 g/mol. The topological polar surface area (TPSA) is 101 Å². The van der Waals surface area contributed by atoms with Gasteiger partial charge in [0.15, 0.2) is 0 Å². The van der Waals surface area contributed by atoms with Gasteiger partial charge in [0.05, 0.1) is 16.6 Å². The number of carbonyl (C=O) groups is 1. The van der Waals surface area contributed by atoms with Crippen molar-refractivity contribution in [3.63, 3.8) is 0 Å². The molecule has 0 unspecified atom stereocenters. The molecular weight excluding hydrogens is 460 g/mol. The Morgan fingerprint density at radius 1 is 1.00 bits per heavy atom. The Labute approximate surface area is 196 Å². The number of sulfonamides is 1. The van der Waals surface area contributed by atoms with Crippen LogP contribution in [0.4, 0.5) is 5.69 Å². The zero-order valence-corrected chi connectivity index (χ0v) is 19.1. The van der Waals surface area contributed by atoms with Crippen LogP contribution in [0.5, 0.6) is 0 Å². The third-order valence-corrected chi connectivity index (χ3v) is 6.48. The van der Waals surface area contributed by atoms with Gasteiger partial charge < -0.3 is 0 Å². The lowest BCUT2D eigenvalue weighted by molar-refractivity contribution is 0.0955. The van der Waals surface area contributed by atoms with Gasteiger partial charge in [-0.25, -0.2) is 18.8 Å². The van der Waals surface area contributed by atoms with Crippen LogP contribution in [0.2, 0.25) is 5.15 Å². The fraction of sp³-hybridized carbons (Fsp3) is 0.0417. The van der Waals surface area contributed by atoms with Gasteiger partial charge in [-0.1, -0.05) is 41.9 Å². The molecule has 0 saturated carbocycles. The van der Waals surface area contributed by atoms with Crippen LogP contribution in [0.15, 0.2) is 88.9 Å². The smallest absolute Gasteiger partial charge is 0.271 e. The van der Waals surface area contributed by atoms with Crippen LogP contribution in [-0.2, 0) is 10.0 Å². The maximum absolute atomic E-state index is 12.4. The molecular formula is C24H19ClN4O3S. The predicted octanol–water partition coefficient (Wildman–Crippen LogP) is 4.76. The molecule has 0 aliphatic carbocycles. The van der Waals surface area contributed by atoms with Gasteiger partial charge in [-0.2, -0.15) is 5.10 Å². The molecule has 0 saturated heterocycles. The number of hydrazone groups is 1. The highest BCUT2D eigenvalue weighted by atomic mass is 35.5. The zero-order valence-electron chi connectivity index (χ0n) is 17.5. The van der Waals surface area contributed by atoms with Crippen molar-refractivity contribution in [3.05, 3.63) is 101 Å². The van der Waals surface area contributed by atoms with E-state index < -0.39 is 15.9 Å². The number of nitrogens with zero attached hydrogens (tertiary/aromatic N) is 2. The minimum Gasteiger partial charge on any atom is -0.280 e. The minimum absolute atomic E-state index is 0.151. The van der Waals surface area contributed by atoms with Crippen molar-refractivity contribution in [2.75, 3.05) is 4.72 Å². The number of fused-ring (bicyclic) bond motifs is 1. The third kappa shape index (κ3) is 5.36. The molecule has 33 heavy (non-hydrogen) atoms. The first-order valence-corrected chi connectivity index (χ1v) is 11.8. The fourth-order valence-corrected chi connectivity index (χ4v) is 4.36. The van der Waals surface area contributed by atoms with E-state index in [-0.39, 0.29) is 10.0 Å². The quantitative estimate of drug-likeness (QED) is 0.237. The second-order valence-electron chi connectivity index (χ2n) is 7.26. The van der Waals surface area contributed by atoms with Gasteiger partial charge in [0.2, 0.25) is 0 Å². The molecule has 0 spiro atoms. The highest BCUT2D eigenvalue weighted by molar-refractivity contribution is 7.92. The summed E-state index contributed by atoms with van der Waals surface area (Å²) < 4.78 is 27.3. The SMILES string of the molecule is Cc1ccc2cc(/C=N/NC(=O)c3ccc(NS(=O)(=O)c4ccccc4)cc3)c(Cl)nc2c1. The number of anilines is 1. The summed E-state index contributed by atoms with van der Waals surface area (Å²) >= 11 is 6.23. The lowest BCUT2D eigenvalue weighted by Gasteiger charge is -2.08. The van der Waals surface area contributed by atoms with E-state index in [1.54, 1.807) is 18.2 Å². The molecule has 1 heterocycles. The Morgan fingerprint density at radius 3 is 2.45 bits per heavy atom. The molecule has 0 aliphatic rings. The van der Waals surface area contributed by atoms with Gasteiger partial charge in [0.25, 0.3) is 15.9 Å².